The van der Waals surface area contributed by atoms with Gasteiger partial charge in [0.1, 0.15) is 6.04 Å². The van der Waals surface area contributed by atoms with Gasteiger partial charge in [0, 0.05) is 6.20 Å². The Balaban J connectivity index is 1.98. The van der Waals surface area contributed by atoms with E-state index in [-0.39, 0.29) is 0 Å². The lowest BCUT2D eigenvalue weighted by Crippen LogP contribution is -2.37. The quantitative estimate of drug-likeness (QED) is 0.775. The van der Waals surface area contributed by atoms with Crippen molar-refractivity contribution in [3.63, 3.8) is 0 Å². The summed E-state index contributed by atoms with van der Waals surface area (Å²) in [6.45, 7) is 0.374. The molecule has 5 nitrogen and oxygen atoms in total. The molecule has 1 atom stereocenters. The summed E-state index contributed by atoms with van der Waals surface area (Å²) < 4.78 is 1.71. The Bertz CT molecular complexity index is 371. The molecule has 0 saturated heterocycles. The number of aliphatic carboxylic acids is 1. The van der Waals surface area contributed by atoms with E-state index < -0.39 is 12.0 Å². The first kappa shape index (κ1) is 11.1. The van der Waals surface area contributed by atoms with E-state index in [4.69, 9.17) is 5.11 Å². The van der Waals surface area contributed by atoms with Crippen molar-refractivity contribution in [2.45, 2.75) is 37.8 Å². The minimum atomic E-state index is -0.844. The third-order valence-electron chi connectivity index (χ3n) is 3.25. The summed E-state index contributed by atoms with van der Waals surface area (Å²) in [5.74, 6) is -0.199. The van der Waals surface area contributed by atoms with Crippen LogP contribution in [0.25, 0.3) is 0 Å². The Kier molecular flexibility index (Phi) is 3.24. The molecule has 2 rings (SSSR count). The molecule has 1 unspecified atom stereocenters. The van der Waals surface area contributed by atoms with E-state index in [9.17, 15) is 4.79 Å². The van der Waals surface area contributed by atoms with Crippen LogP contribution in [0.1, 0.15) is 30.7 Å². The number of rotatable bonds is 5. The van der Waals surface area contributed by atoms with Gasteiger partial charge in [-0.1, -0.05) is 6.42 Å². The van der Waals surface area contributed by atoms with Gasteiger partial charge in [0.05, 0.1) is 12.7 Å². The fourth-order valence-corrected chi connectivity index (χ4v) is 1.91. The van der Waals surface area contributed by atoms with Crippen molar-refractivity contribution in [2.24, 2.45) is 0 Å². The van der Waals surface area contributed by atoms with E-state index in [2.05, 4.69) is 10.4 Å². The van der Waals surface area contributed by atoms with E-state index in [1.807, 2.05) is 12.4 Å². The molecular formula is C11H17N3O2. The normalized spacial score (nSPS) is 18.1. The first-order valence-corrected chi connectivity index (χ1v) is 5.63. The van der Waals surface area contributed by atoms with Crippen molar-refractivity contribution in [3.8, 4) is 0 Å². The highest BCUT2D eigenvalue weighted by Crippen LogP contribution is 2.35. The zero-order valence-electron chi connectivity index (χ0n) is 9.39. The molecule has 1 saturated carbocycles. The van der Waals surface area contributed by atoms with E-state index >= 15 is 0 Å². The van der Waals surface area contributed by atoms with E-state index in [1.54, 1.807) is 11.7 Å². The highest BCUT2D eigenvalue weighted by atomic mass is 16.4. The second-order valence-electron chi connectivity index (χ2n) is 4.30. The predicted molar refractivity (Wildman–Crippen MR) is 59.3 cm³/mol. The second-order valence-corrected chi connectivity index (χ2v) is 4.30. The number of aromatic nitrogens is 2. The molecule has 0 radical (unpaired) electrons. The number of carboxylic acids is 1. The highest BCUT2D eigenvalue weighted by molar-refractivity contribution is 5.73. The molecule has 1 aliphatic rings. The standard InChI is InChI=1S/C11H17N3O2/c1-12-10(11(15)16)7-14-6-9(5-13-14)8-3-2-4-8/h5-6,8,10,12H,2-4,7H2,1H3,(H,15,16). The van der Waals surface area contributed by atoms with Crippen molar-refractivity contribution in [2.75, 3.05) is 7.05 Å². The lowest BCUT2D eigenvalue weighted by Gasteiger charge is -2.23. The van der Waals surface area contributed by atoms with E-state index in [1.165, 1.54) is 24.8 Å². The molecular weight excluding hydrogens is 206 g/mol. The monoisotopic (exact) mass is 223 g/mol. The van der Waals surface area contributed by atoms with Gasteiger partial charge in [-0.05, 0) is 31.4 Å². The molecule has 5 heteroatoms. The van der Waals surface area contributed by atoms with Crippen LogP contribution >= 0.6 is 0 Å². The molecule has 0 spiro atoms. The molecule has 1 fully saturated rings. The Morgan fingerprint density at radius 1 is 1.75 bits per heavy atom. The van der Waals surface area contributed by atoms with Crippen LogP contribution in [0, 0.1) is 0 Å². The van der Waals surface area contributed by atoms with Crippen LogP contribution < -0.4 is 5.32 Å². The first-order valence-electron chi connectivity index (χ1n) is 5.63. The van der Waals surface area contributed by atoms with Crippen molar-refractivity contribution >= 4 is 5.97 Å². The predicted octanol–water partition coefficient (Wildman–Crippen LogP) is 0.823. The molecule has 0 bridgehead atoms. The number of carboxylic acid groups (broad SMARTS) is 1. The van der Waals surface area contributed by atoms with Crippen molar-refractivity contribution in [3.05, 3.63) is 18.0 Å². The third kappa shape index (κ3) is 2.24. The number of hydrogen-bond donors (Lipinski definition) is 2. The smallest absolute Gasteiger partial charge is 0.322 e. The molecule has 0 amide bonds. The topological polar surface area (TPSA) is 67.2 Å². The summed E-state index contributed by atoms with van der Waals surface area (Å²) in [5, 5.41) is 15.9. The number of nitrogens with zero attached hydrogens (tertiary/aromatic N) is 2. The maximum Gasteiger partial charge on any atom is 0.322 e. The second kappa shape index (κ2) is 4.65. The fourth-order valence-electron chi connectivity index (χ4n) is 1.91. The first-order chi connectivity index (χ1) is 7.70. The van der Waals surface area contributed by atoms with Crippen LogP contribution in [-0.2, 0) is 11.3 Å². The summed E-state index contributed by atoms with van der Waals surface area (Å²) >= 11 is 0. The number of hydrogen-bond acceptors (Lipinski definition) is 3. The van der Waals surface area contributed by atoms with Crippen LogP contribution in [0.5, 0.6) is 0 Å². The summed E-state index contributed by atoms with van der Waals surface area (Å²) in [4.78, 5) is 10.8. The summed E-state index contributed by atoms with van der Waals surface area (Å²) in [5.41, 5.74) is 1.24. The number of nitrogens with one attached hydrogen (secondary N) is 1. The van der Waals surface area contributed by atoms with Crippen LogP contribution in [0.15, 0.2) is 12.4 Å². The Labute approximate surface area is 94.5 Å². The van der Waals surface area contributed by atoms with Gasteiger partial charge in [0.25, 0.3) is 0 Å². The lowest BCUT2D eigenvalue weighted by atomic mass is 9.81. The molecule has 1 aromatic rings. The summed E-state index contributed by atoms with van der Waals surface area (Å²) in [7, 11) is 1.65. The molecule has 2 N–H and O–H groups in total. The molecule has 1 aromatic heterocycles. The zero-order chi connectivity index (χ0) is 11.5. The van der Waals surface area contributed by atoms with Gasteiger partial charge >= 0.3 is 5.97 Å². The van der Waals surface area contributed by atoms with Gasteiger partial charge < -0.3 is 10.4 Å². The molecule has 0 aliphatic heterocycles. The maximum atomic E-state index is 10.8. The Morgan fingerprint density at radius 3 is 3.00 bits per heavy atom. The van der Waals surface area contributed by atoms with Gasteiger partial charge in [-0.25, -0.2) is 0 Å². The maximum absolute atomic E-state index is 10.8. The van der Waals surface area contributed by atoms with E-state index in [0.29, 0.717) is 12.5 Å². The SMILES string of the molecule is CNC(Cn1cc(C2CCC2)cn1)C(=O)O. The Hall–Kier alpha value is -1.36. The Morgan fingerprint density at radius 2 is 2.50 bits per heavy atom. The molecule has 1 heterocycles. The van der Waals surface area contributed by atoms with Crippen molar-refractivity contribution in [1.29, 1.82) is 0 Å². The van der Waals surface area contributed by atoms with Gasteiger partial charge in [0.15, 0.2) is 0 Å². The van der Waals surface area contributed by atoms with Crippen LogP contribution in [0.2, 0.25) is 0 Å². The fraction of sp³-hybridized carbons (Fsp3) is 0.636. The lowest BCUT2D eigenvalue weighted by molar-refractivity contribution is -0.139. The third-order valence-corrected chi connectivity index (χ3v) is 3.25. The van der Waals surface area contributed by atoms with Crippen LogP contribution in [-0.4, -0.2) is 33.9 Å². The minimum absolute atomic E-state index is 0.374. The average Bonchev–Trinajstić information content (AvgIpc) is 2.59. The number of likely N-dealkylation sites (N-methyl/N-ethyl adjacent to an activating group) is 1. The molecule has 88 valence electrons. The van der Waals surface area contributed by atoms with Gasteiger partial charge in [-0.15, -0.1) is 0 Å². The average molecular weight is 223 g/mol. The molecule has 0 aromatic carbocycles. The molecule has 1 aliphatic carbocycles. The van der Waals surface area contributed by atoms with Crippen LogP contribution in [0.4, 0.5) is 0 Å². The van der Waals surface area contributed by atoms with Gasteiger partial charge in [-0.3, -0.25) is 9.48 Å². The minimum Gasteiger partial charge on any atom is -0.480 e. The number of carbonyl (C=O) groups is 1. The largest absolute Gasteiger partial charge is 0.480 e. The molecule has 16 heavy (non-hydrogen) atoms. The summed E-state index contributed by atoms with van der Waals surface area (Å²) in [6, 6.07) is -0.575. The van der Waals surface area contributed by atoms with E-state index in [0.717, 1.165) is 0 Å². The van der Waals surface area contributed by atoms with Gasteiger partial charge in [-0.2, -0.15) is 5.10 Å². The van der Waals surface area contributed by atoms with Crippen molar-refractivity contribution in [1.82, 2.24) is 15.1 Å². The summed E-state index contributed by atoms with van der Waals surface area (Å²) in [6.07, 6.45) is 7.60. The van der Waals surface area contributed by atoms with Gasteiger partial charge in [0.2, 0.25) is 0 Å². The zero-order valence-corrected chi connectivity index (χ0v) is 9.39. The highest BCUT2D eigenvalue weighted by Gasteiger charge is 2.22. The van der Waals surface area contributed by atoms with Crippen LogP contribution in [0.3, 0.4) is 0 Å². The van der Waals surface area contributed by atoms with Crippen molar-refractivity contribution < 1.29 is 9.90 Å².